The van der Waals surface area contributed by atoms with Gasteiger partial charge in [-0.05, 0) is 40.8 Å². The van der Waals surface area contributed by atoms with Gasteiger partial charge in [0, 0.05) is 33.5 Å². The van der Waals surface area contributed by atoms with Crippen molar-refractivity contribution in [2.45, 2.75) is 5.37 Å². The molecule has 0 bridgehead atoms. The number of amides is 1. The summed E-state index contributed by atoms with van der Waals surface area (Å²) in [4.78, 5) is 14.9. The Morgan fingerprint density at radius 3 is 2.85 bits per heavy atom. The lowest BCUT2D eigenvalue weighted by Gasteiger charge is -2.25. The zero-order valence-corrected chi connectivity index (χ0v) is 15.7. The van der Waals surface area contributed by atoms with Crippen LogP contribution in [0.25, 0.3) is 5.69 Å². The van der Waals surface area contributed by atoms with Crippen LogP contribution in [0.1, 0.15) is 21.3 Å². The molecule has 3 aromatic rings. The van der Waals surface area contributed by atoms with Gasteiger partial charge in [-0.25, -0.2) is 4.68 Å². The van der Waals surface area contributed by atoms with E-state index in [1.54, 1.807) is 36.0 Å². The van der Waals surface area contributed by atoms with E-state index in [0.717, 1.165) is 17.0 Å². The summed E-state index contributed by atoms with van der Waals surface area (Å²) in [5, 5.41) is 12.1. The lowest BCUT2D eigenvalue weighted by Crippen LogP contribution is -2.30. The van der Waals surface area contributed by atoms with Crippen LogP contribution < -0.4 is 0 Å². The molecule has 1 aliphatic heterocycles. The molecule has 1 saturated heterocycles. The Kier molecular flexibility index (Phi) is 4.84. The Morgan fingerprint density at radius 2 is 2.08 bits per heavy atom. The molecule has 2 aromatic carbocycles. The van der Waals surface area contributed by atoms with Crippen LogP contribution in [0.4, 0.5) is 0 Å². The van der Waals surface area contributed by atoms with Crippen molar-refractivity contribution in [1.29, 1.82) is 0 Å². The predicted octanol–water partition coefficient (Wildman–Crippen LogP) is 3.86. The molecule has 2 heterocycles. The SMILES string of the molecule is O=C(c1cccc(-n2cnnn2)c1)N1CCSC1c1ccc(Cl)cc1Cl. The summed E-state index contributed by atoms with van der Waals surface area (Å²) in [7, 11) is 0. The van der Waals surface area contributed by atoms with Gasteiger partial charge in [0.25, 0.3) is 5.91 Å². The van der Waals surface area contributed by atoms with Crippen molar-refractivity contribution in [2.24, 2.45) is 0 Å². The molecule has 1 fully saturated rings. The van der Waals surface area contributed by atoms with Gasteiger partial charge in [-0.2, -0.15) is 0 Å². The third kappa shape index (κ3) is 3.30. The Labute approximate surface area is 164 Å². The number of nitrogens with zero attached hydrogens (tertiary/aromatic N) is 5. The second-order valence-corrected chi connectivity index (χ2v) is 7.72. The van der Waals surface area contributed by atoms with Crippen molar-refractivity contribution in [2.75, 3.05) is 12.3 Å². The van der Waals surface area contributed by atoms with Gasteiger partial charge in [0.2, 0.25) is 0 Å². The van der Waals surface area contributed by atoms with Crippen molar-refractivity contribution >= 4 is 40.9 Å². The van der Waals surface area contributed by atoms with E-state index in [1.807, 2.05) is 23.1 Å². The molecule has 0 aliphatic carbocycles. The average Bonchev–Trinajstić information content (AvgIpc) is 3.33. The van der Waals surface area contributed by atoms with Gasteiger partial charge in [-0.1, -0.05) is 35.3 Å². The lowest BCUT2D eigenvalue weighted by atomic mass is 10.1. The normalized spacial score (nSPS) is 16.8. The van der Waals surface area contributed by atoms with Crippen LogP contribution in [-0.2, 0) is 0 Å². The summed E-state index contributed by atoms with van der Waals surface area (Å²) in [5.74, 6) is 0.795. The van der Waals surface area contributed by atoms with Crippen LogP contribution in [0.2, 0.25) is 10.0 Å². The number of carbonyl (C=O) groups is 1. The van der Waals surface area contributed by atoms with E-state index >= 15 is 0 Å². The summed E-state index contributed by atoms with van der Waals surface area (Å²) in [5.41, 5.74) is 2.20. The number of carbonyl (C=O) groups excluding carboxylic acids is 1. The monoisotopic (exact) mass is 405 g/mol. The highest BCUT2D eigenvalue weighted by atomic mass is 35.5. The van der Waals surface area contributed by atoms with Crippen molar-refractivity contribution < 1.29 is 4.79 Å². The van der Waals surface area contributed by atoms with Crippen LogP contribution in [-0.4, -0.2) is 43.3 Å². The molecule has 132 valence electrons. The van der Waals surface area contributed by atoms with E-state index in [2.05, 4.69) is 15.5 Å². The maximum Gasteiger partial charge on any atom is 0.255 e. The standard InChI is InChI=1S/C17H13Cl2N5OS/c18-12-4-5-14(15(19)9-12)17-23(6-7-26-17)16(25)11-2-1-3-13(8-11)24-10-20-21-22-24/h1-5,8-10,17H,6-7H2. The molecule has 1 aliphatic rings. The zero-order chi connectivity index (χ0) is 18.1. The first-order valence-corrected chi connectivity index (χ1v) is 9.65. The van der Waals surface area contributed by atoms with Gasteiger partial charge in [-0.15, -0.1) is 16.9 Å². The van der Waals surface area contributed by atoms with E-state index in [1.165, 1.54) is 11.0 Å². The van der Waals surface area contributed by atoms with Gasteiger partial charge >= 0.3 is 0 Å². The molecular formula is C17H13Cl2N5OS. The van der Waals surface area contributed by atoms with Crippen molar-refractivity contribution in [3.05, 3.63) is 70.0 Å². The van der Waals surface area contributed by atoms with E-state index in [0.29, 0.717) is 22.2 Å². The van der Waals surface area contributed by atoms with Crippen LogP contribution >= 0.6 is 35.0 Å². The van der Waals surface area contributed by atoms with E-state index < -0.39 is 0 Å². The average molecular weight is 406 g/mol. The molecule has 1 amide bonds. The third-order valence-corrected chi connectivity index (χ3v) is 5.89. The molecule has 1 unspecified atom stereocenters. The second kappa shape index (κ2) is 7.26. The molecule has 0 saturated carbocycles. The van der Waals surface area contributed by atoms with Crippen molar-refractivity contribution in [3.8, 4) is 5.69 Å². The van der Waals surface area contributed by atoms with Crippen LogP contribution in [0.3, 0.4) is 0 Å². The molecule has 1 aromatic heterocycles. The third-order valence-electron chi connectivity index (χ3n) is 4.09. The van der Waals surface area contributed by atoms with Crippen molar-refractivity contribution in [3.63, 3.8) is 0 Å². The quantitative estimate of drug-likeness (QED) is 0.661. The summed E-state index contributed by atoms with van der Waals surface area (Å²) in [6.45, 7) is 0.655. The molecule has 0 radical (unpaired) electrons. The fraction of sp³-hybridized carbons (Fsp3) is 0.176. The van der Waals surface area contributed by atoms with Gasteiger partial charge in [0.15, 0.2) is 0 Å². The number of hydrogen-bond donors (Lipinski definition) is 0. The minimum atomic E-state index is -0.135. The number of tetrazole rings is 1. The van der Waals surface area contributed by atoms with E-state index in [4.69, 9.17) is 23.2 Å². The summed E-state index contributed by atoms with van der Waals surface area (Å²) in [6, 6.07) is 12.6. The van der Waals surface area contributed by atoms with Crippen LogP contribution in [0.15, 0.2) is 48.8 Å². The zero-order valence-electron chi connectivity index (χ0n) is 13.4. The molecular weight excluding hydrogens is 393 g/mol. The smallest absolute Gasteiger partial charge is 0.255 e. The first-order chi connectivity index (χ1) is 12.6. The molecule has 0 N–H and O–H groups in total. The molecule has 26 heavy (non-hydrogen) atoms. The van der Waals surface area contributed by atoms with Crippen molar-refractivity contribution in [1.82, 2.24) is 25.1 Å². The number of halogens is 2. The Bertz CT molecular complexity index is 950. The maximum atomic E-state index is 13.1. The fourth-order valence-electron chi connectivity index (χ4n) is 2.86. The first-order valence-electron chi connectivity index (χ1n) is 7.84. The van der Waals surface area contributed by atoms with E-state index in [9.17, 15) is 4.79 Å². The van der Waals surface area contributed by atoms with Gasteiger partial charge < -0.3 is 4.90 Å². The minimum Gasteiger partial charge on any atom is -0.322 e. The highest BCUT2D eigenvalue weighted by molar-refractivity contribution is 7.99. The second-order valence-electron chi connectivity index (χ2n) is 5.69. The first kappa shape index (κ1) is 17.3. The molecule has 4 rings (SSSR count). The molecule has 9 heteroatoms. The van der Waals surface area contributed by atoms with Gasteiger partial charge in [-0.3, -0.25) is 4.79 Å². The maximum absolute atomic E-state index is 13.1. The Hall–Kier alpha value is -2.09. The molecule has 1 atom stereocenters. The number of thioether (sulfide) groups is 1. The number of hydrogen-bond acceptors (Lipinski definition) is 5. The lowest BCUT2D eigenvalue weighted by molar-refractivity contribution is 0.0760. The fourth-order valence-corrected chi connectivity index (χ4v) is 4.73. The molecule has 6 nitrogen and oxygen atoms in total. The molecule has 0 spiro atoms. The van der Waals surface area contributed by atoms with Crippen LogP contribution in [0.5, 0.6) is 0 Å². The van der Waals surface area contributed by atoms with Gasteiger partial charge in [0.05, 0.1) is 5.69 Å². The predicted molar refractivity (Wildman–Crippen MR) is 102 cm³/mol. The summed E-state index contributed by atoms with van der Waals surface area (Å²) < 4.78 is 1.52. The van der Waals surface area contributed by atoms with E-state index in [-0.39, 0.29) is 11.3 Å². The number of aromatic nitrogens is 4. The Balaban J connectivity index is 1.64. The topological polar surface area (TPSA) is 63.9 Å². The summed E-state index contributed by atoms with van der Waals surface area (Å²) in [6.07, 6.45) is 1.49. The highest BCUT2D eigenvalue weighted by Gasteiger charge is 2.32. The number of benzene rings is 2. The largest absolute Gasteiger partial charge is 0.322 e. The highest BCUT2D eigenvalue weighted by Crippen LogP contribution is 2.42. The Morgan fingerprint density at radius 1 is 1.19 bits per heavy atom. The minimum absolute atomic E-state index is 0.0547. The van der Waals surface area contributed by atoms with Crippen LogP contribution in [0, 0.1) is 0 Å². The summed E-state index contributed by atoms with van der Waals surface area (Å²) >= 11 is 14.0. The number of rotatable bonds is 3. The van der Waals surface area contributed by atoms with Gasteiger partial charge in [0.1, 0.15) is 11.7 Å².